The van der Waals surface area contributed by atoms with E-state index in [2.05, 4.69) is 13.0 Å². The maximum absolute atomic E-state index is 13.2. The van der Waals surface area contributed by atoms with Crippen LogP contribution in [0.5, 0.6) is 0 Å². The van der Waals surface area contributed by atoms with Gasteiger partial charge in [-0.3, -0.25) is 4.79 Å². The number of anilines is 1. The quantitative estimate of drug-likeness (QED) is 0.793. The van der Waals surface area contributed by atoms with Gasteiger partial charge in [0.25, 0.3) is 0 Å². The maximum atomic E-state index is 13.2. The predicted octanol–water partition coefficient (Wildman–Crippen LogP) is 4.60. The van der Waals surface area contributed by atoms with Crippen LogP contribution in [0.2, 0.25) is 5.02 Å². The van der Waals surface area contributed by atoms with E-state index in [0.29, 0.717) is 5.02 Å². The first-order valence-electron chi connectivity index (χ1n) is 7.59. The lowest BCUT2D eigenvalue weighted by atomic mass is 9.83. The second-order valence-electron chi connectivity index (χ2n) is 6.49. The molecule has 2 nitrogen and oxygen atoms in total. The Kier molecular flexibility index (Phi) is 3.73. The number of carbonyl (C=O) groups is 1. The highest BCUT2D eigenvalue weighted by atomic mass is 35.5. The number of hydrogen-bond donors (Lipinski definition) is 0. The summed E-state index contributed by atoms with van der Waals surface area (Å²) in [5, 5.41) is 0.687. The summed E-state index contributed by atoms with van der Waals surface area (Å²) in [6, 6.07) is 15.9. The van der Waals surface area contributed by atoms with Gasteiger partial charge in [-0.25, -0.2) is 0 Å². The Morgan fingerprint density at radius 1 is 1.14 bits per heavy atom. The molecule has 1 atom stereocenters. The van der Waals surface area contributed by atoms with E-state index in [1.807, 2.05) is 61.2 Å². The molecule has 1 unspecified atom stereocenters. The van der Waals surface area contributed by atoms with Gasteiger partial charge in [0.1, 0.15) is 0 Å². The number of halogens is 1. The lowest BCUT2D eigenvalue weighted by Gasteiger charge is -2.33. The van der Waals surface area contributed by atoms with Crippen LogP contribution in [0.25, 0.3) is 0 Å². The summed E-state index contributed by atoms with van der Waals surface area (Å²) in [5.74, 6) is 0.132. The van der Waals surface area contributed by atoms with Crippen molar-refractivity contribution in [2.24, 2.45) is 0 Å². The molecular formula is C19H20ClNO. The highest BCUT2D eigenvalue weighted by Gasteiger charge is 2.39. The summed E-state index contributed by atoms with van der Waals surface area (Å²) < 4.78 is 0. The third kappa shape index (κ3) is 2.42. The van der Waals surface area contributed by atoms with Crippen LogP contribution in [-0.2, 0) is 16.6 Å². The van der Waals surface area contributed by atoms with Crippen LogP contribution >= 0.6 is 11.6 Å². The molecule has 2 aromatic carbocycles. The number of amides is 1. The van der Waals surface area contributed by atoms with Crippen LogP contribution < -0.4 is 4.90 Å². The first-order valence-corrected chi connectivity index (χ1v) is 7.96. The average Bonchev–Trinajstić information content (AvgIpc) is 2.82. The Balaban J connectivity index is 1.98. The highest BCUT2D eigenvalue weighted by molar-refractivity contribution is 6.30. The fourth-order valence-corrected chi connectivity index (χ4v) is 3.29. The molecule has 0 saturated heterocycles. The normalized spacial score (nSPS) is 17.5. The molecule has 0 saturated carbocycles. The Hall–Kier alpha value is -1.80. The van der Waals surface area contributed by atoms with E-state index < -0.39 is 5.41 Å². The van der Waals surface area contributed by atoms with Crippen LogP contribution in [0.15, 0.2) is 48.5 Å². The SMILES string of the molecule is CC1Cc2ccccc2N1C(=O)C(C)(C)c1ccc(Cl)cc1. The van der Waals surface area contributed by atoms with Crippen molar-refractivity contribution in [1.29, 1.82) is 0 Å². The summed E-state index contributed by atoms with van der Waals surface area (Å²) in [6.45, 7) is 6.06. The van der Waals surface area contributed by atoms with Crippen molar-refractivity contribution in [3.05, 3.63) is 64.7 Å². The van der Waals surface area contributed by atoms with Gasteiger partial charge in [0.15, 0.2) is 0 Å². The van der Waals surface area contributed by atoms with Gasteiger partial charge in [0.05, 0.1) is 5.41 Å². The topological polar surface area (TPSA) is 20.3 Å². The molecule has 0 fully saturated rings. The molecule has 0 spiro atoms. The molecule has 114 valence electrons. The number of carbonyl (C=O) groups excluding carboxylic acids is 1. The minimum atomic E-state index is -0.587. The third-order valence-electron chi connectivity index (χ3n) is 4.53. The van der Waals surface area contributed by atoms with Crippen LogP contribution in [0.1, 0.15) is 31.9 Å². The Morgan fingerprint density at radius 3 is 2.45 bits per heavy atom. The van der Waals surface area contributed by atoms with Gasteiger partial charge >= 0.3 is 0 Å². The largest absolute Gasteiger partial charge is 0.308 e. The standard InChI is InChI=1S/C19H20ClNO/c1-13-12-14-6-4-5-7-17(14)21(13)18(22)19(2,3)15-8-10-16(20)11-9-15/h4-11,13H,12H2,1-3H3. The Morgan fingerprint density at radius 2 is 1.77 bits per heavy atom. The smallest absolute Gasteiger partial charge is 0.237 e. The maximum Gasteiger partial charge on any atom is 0.237 e. The van der Waals surface area contributed by atoms with Crippen molar-refractivity contribution < 1.29 is 4.79 Å². The second kappa shape index (κ2) is 5.44. The molecule has 1 amide bonds. The first kappa shape index (κ1) is 15.1. The van der Waals surface area contributed by atoms with Crippen molar-refractivity contribution in [2.75, 3.05) is 4.90 Å². The summed E-state index contributed by atoms with van der Waals surface area (Å²) in [6.07, 6.45) is 0.915. The Bertz CT molecular complexity index is 706. The van der Waals surface area contributed by atoms with E-state index in [1.54, 1.807) is 0 Å². The minimum absolute atomic E-state index is 0.132. The molecule has 1 aliphatic heterocycles. The molecule has 22 heavy (non-hydrogen) atoms. The van der Waals surface area contributed by atoms with Crippen LogP contribution in [0.4, 0.5) is 5.69 Å². The average molecular weight is 314 g/mol. The zero-order chi connectivity index (χ0) is 15.9. The van der Waals surface area contributed by atoms with Crippen LogP contribution in [-0.4, -0.2) is 11.9 Å². The van der Waals surface area contributed by atoms with E-state index in [9.17, 15) is 4.79 Å². The van der Waals surface area contributed by atoms with Crippen molar-refractivity contribution in [2.45, 2.75) is 38.6 Å². The molecule has 0 bridgehead atoms. The zero-order valence-corrected chi connectivity index (χ0v) is 13.9. The number of hydrogen-bond acceptors (Lipinski definition) is 1. The molecule has 1 heterocycles. The van der Waals surface area contributed by atoms with Crippen molar-refractivity contribution in [3.8, 4) is 0 Å². The van der Waals surface area contributed by atoms with E-state index >= 15 is 0 Å². The monoisotopic (exact) mass is 313 g/mol. The fourth-order valence-electron chi connectivity index (χ4n) is 3.17. The van der Waals surface area contributed by atoms with Crippen molar-refractivity contribution in [3.63, 3.8) is 0 Å². The molecule has 1 aliphatic rings. The minimum Gasteiger partial charge on any atom is -0.308 e. The molecule has 0 aromatic heterocycles. The molecule has 0 aliphatic carbocycles. The second-order valence-corrected chi connectivity index (χ2v) is 6.93. The summed E-state index contributed by atoms with van der Waals surface area (Å²) in [7, 11) is 0. The lowest BCUT2D eigenvalue weighted by molar-refractivity contribution is -0.123. The van der Waals surface area contributed by atoms with Crippen LogP contribution in [0.3, 0.4) is 0 Å². The highest BCUT2D eigenvalue weighted by Crippen LogP contribution is 2.36. The van der Waals surface area contributed by atoms with E-state index in [0.717, 1.165) is 17.7 Å². The first-order chi connectivity index (χ1) is 10.4. The van der Waals surface area contributed by atoms with Gasteiger partial charge in [-0.2, -0.15) is 0 Å². The van der Waals surface area contributed by atoms with Gasteiger partial charge in [0, 0.05) is 16.8 Å². The summed E-state index contributed by atoms with van der Waals surface area (Å²) >= 11 is 5.96. The van der Waals surface area contributed by atoms with Gasteiger partial charge in [-0.1, -0.05) is 41.9 Å². The van der Waals surface area contributed by atoms with Gasteiger partial charge < -0.3 is 4.90 Å². The number of para-hydroxylation sites is 1. The molecule has 3 rings (SSSR count). The zero-order valence-electron chi connectivity index (χ0n) is 13.1. The molecule has 0 radical (unpaired) electrons. The van der Waals surface area contributed by atoms with Gasteiger partial charge in [-0.15, -0.1) is 0 Å². The van der Waals surface area contributed by atoms with E-state index in [-0.39, 0.29) is 11.9 Å². The molecule has 0 N–H and O–H groups in total. The van der Waals surface area contributed by atoms with Crippen LogP contribution in [0, 0.1) is 0 Å². The van der Waals surface area contributed by atoms with Crippen molar-refractivity contribution in [1.82, 2.24) is 0 Å². The molecule has 2 aromatic rings. The number of rotatable bonds is 2. The fraction of sp³-hybridized carbons (Fsp3) is 0.316. The predicted molar refractivity (Wildman–Crippen MR) is 91.6 cm³/mol. The third-order valence-corrected chi connectivity index (χ3v) is 4.78. The van der Waals surface area contributed by atoms with E-state index in [1.165, 1.54) is 5.56 Å². The lowest BCUT2D eigenvalue weighted by Crippen LogP contribution is -2.46. The summed E-state index contributed by atoms with van der Waals surface area (Å²) in [4.78, 5) is 15.2. The van der Waals surface area contributed by atoms with Gasteiger partial charge in [-0.05, 0) is 56.5 Å². The molecular weight excluding hydrogens is 294 g/mol. The molecule has 3 heteroatoms. The Labute approximate surface area is 136 Å². The summed E-state index contributed by atoms with van der Waals surface area (Å²) in [5.41, 5.74) is 2.69. The van der Waals surface area contributed by atoms with E-state index in [4.69, 9.17) is 11.6 Å². The number of nitrogens with zero attached hydrogens (tertiary/aromatic N) is 1. The number of benzene rings is 2. The van der Waals surface area contributed by atoms with Crippen molar-refractivity contribution >= 4 is 23.2 Å². The number of fused-ring (bicyclic) bond motifs is 1. The van der Waals surface area contributed by atoms with Gasteiger partial charge in [0.2, 0.25) is 5.91 Å².